The van der Waals surface area contributed by atoms with Gasteiger partial charge >= 0.3 is 0 Å². The van der Waals surface area contributed by atoms with Gasteiger partial charge in [0.2, 0.25) is 0 Å². The van der Waals surface area contributed by atoms with Crippen LogP contribution in [0.4, 0.5) is 0 Å². The number of hydrogen-bond donors (Lipinski definition) is 2. The molecule has 4 rings (SSSR count). The van der Waals surface area contributed by atoms with E-state index < -0.39 is 0 Å². The van der Waals surface area contributed by atoms with Crippen molar-refractivity contribution in [3.8, 4) is 0 Å². The minimum atomic E-state index is 0. The summed E-state index contributed by atoms with van der Waals surface area (Å²) in [5.74, 6) is 1.85. The van der Waals surface area contributed by atoms with Crippen LogP contribution in [0.1, 0.15) is 38.1 Å². The summed E-state index contributed by atoms with van der Waals surface area (Å²) in [7, 11) is 2.06. The number of guanidine groups is 1. The van der Waals surface area contributed by atoms with Crippen LogP contribution in [-0.2, 0) is 20.1 Å². The van der Waals surface area contributed by atoms with E-state index in [1.54, 1.807) is 0 Å². The van der Waals surface area contributed by atoms with Crippen LogP contribution >= 0.6 is 24.0 Å². The lowest BCUT2D eigenvalue weighted by molar-refractivity contribution is 0.134. The molecule has 1 aromatic heterocycles. The molecule has 0 aliphatic carbocycles. The van der Waals surface area contributed by atoms with E-state index in [9.17, 15) is 0 Å². The third-order valence-electron chi connectivity index (χ3n) is 6.19. The molecule has 2 atom stereocenters. The zero-order chi connectivity index (χ0) is 21.6. The van der Waals surface area contributed by atoms with Crippen molar-refractivity contribution < 1.29 is 0 Å². The van der Waals surface area contributed by atoms with Gasteiger partial charge < -0.3 is 15.2 Å². The molecule has 6 nitrogen and oxygen atoms in total. The number of aromatic nitrogens is 2. The second-order valence-corrected chi connectivity index (χ2v) is 8.44. The monoisotopic (exact) mass is 546 g/mol. The van der Waals surface area contributed by atoms with Crippen molar-refractivity contribution >= 4 is 41.0 Å². The minimum Gasteiger partial charge on any atom is -0.357 e. The van der Waals surface area contributed by atoms with Crippen molar-refractivity contribution in [3.63, 3.8) is 0 Å². The first-order chi connectivity index (χ1) is 15.1. The SMILES string of the molecule is CCNC(=NCc1nc2ccccc2n1C)NC1CCN(Cc2ccccc2)C(C)C1.I. The highest BCUT2D eigenvalue weighted by atomic mass is 127. The summed E-state index contributed by atoms with van der Waals surface area (Å²) < 4.78 is 2.13. The molecule has 1 aliphatic heterocycles. The van der Waals surface area contributed by atoms with Crippen LogP contribution in [0.25, 0.3) is 11.0 Å². The highest BCUT2D eigenvalue weighted by molar-refractivity contribution is 14.0. The molecule has 172 valence electrons. The standard InChI is InChI=1S/C25H34N6.HI/c1-4-26-25(27-17-24-29-22-12-8-9-13-23(22)30(24)3)28-21-14-15-31(19(2)16-21)18-20-10-6-5-7-11-20;/h5-13,19,21H,4,14-18H2,1-3H3,(H2,26,27,28);1H. The van der Waals surface area contributed by atoms with Gasteiger partial charge in [-0.05, 0) is 44.4 Å². The van der Waals surface area contributed by atoms with E-state index in [2.05, 4.69) is 83.5 Å². The minimum absolute atomic E-state index is 0. The Labute approximate surface area is 208 Å². The molecule has 0 spiro atoms. The van der Waals surface area contributed by atoms with Crippen LogP contribution in [0.5, 0.6) is 0 Å². The normalized spacial score (nSPS) is 19.5. The molecular formula is C25H35IN6. The fourth-order valence-corrected chi connectivity index (χ4v) is 4.40. The third kappa shape index (κ3) is 6.01. The van der Waals surface area contributed by atoms with Gasteiger partial charge in [-0.1, -0.05) is 42.5 Å². The van der Waals surface area contributed by atoms with Gasteiger partial charge in [0.25, 0.3) is 0 Å². The number of hydrogen-bond acceptors (Lipinski definition) is 3. The van der Waals surface area contributed by atoms with Crippen molar-refractivity contribution in [1.29, 1.82) is 0 Å². The molecule has 2 unspecified atom stereocenters. The number of piperidine rings is 1. The number of aryl methyl sites for hydroxylation is 1. The van der Waals surface area contributed by atoms with Crippen molar-refractivity contribution in [2.45, 2.75) is 51.9 Å². The van der Waals surface area contributed by atoms with Gasteiger partial charge in [0, 0.05) is 38.8 Å². The summed E-state index contributed by atoms with van der Waals surface area (Å²) in [5, 5.41) is 7.08. The van der Waals surface area contributed by atoms with E-state index in [4.69, 9.17) is 9.98 Å². The van der Waals surface area contributed by atoms with Crippen LogP contribution in [-0.4, -0.2) is 45.6 Å². The number of halogens is 1. The maximum atomic E-state index is 4.84. The Hall–Kier alpha value is -2.13. The van der Waals surface area contributed by atoms with Crippen molar-refractivity contribution in [2.24, 2.45) is 12.0 Å². The summed E-state index contributed by atoms with van der Waals surface area (Å²) >= 11 is 0. The number of nitrogens with one attached hydrogen (secondary N) is 2. The molecule has 1 fully saturated rings. The van der Waals surface area contributed by atoms with E-state index in [1.165, 1.54) is 5.56 Å². The van der Waals surface area contributed by atoms with Crippen LogP contribution in [0.2, 0.25) is 0 Å². The second-order valence-electron chi connectivity index (χ2n) is 8.44. The maximum absolute atomic E-state index is 4.84. The highest BCUT2D eigenvalue weighted by Gasteiger charge is 2.26. The summed E-state index contributed by atoms with van der Waals surface area (Å²) in [6, 6.07) is 20.0. The van der Waals surface area contributed by atoms with Gasteiger partial charge in [0.1, 0.15) is 12.4 Å². The molecule has 2 N–H and O–H groups in total. The summed E-state index contributed by atoms with van der Waals surface area (Å²) in [6.07, 6.45) is 2.23. The molecule has 1 saturated heterocycles. The lowest BCUT2D eigenvalue weighted by Gasteiger charge is -2.38. The largest absolute Gasteiger partial charge is 0.357 e. The van der Waals surface area contributed by atoms with Crippen LogP contribution in [0.15, 0.2) is 59.6 Å². The fourth-order valence-electron chi connectivity index (χ4n) is 4.40. The molecule has 3 aromatic rings. The van der Waals surface area contributed by atoms with E-state index in [1.807, 2.05) is 12.1 Å². The lowest BCUT2D eigenvalue weighted by Crippen LogP contribution is -2.51. The molecule has 2 aromatic carbocycles. The maximum Gasteiger partial charge on any atom is 0.191 e. The molecular weight excluding hydrogens is 511 g/mol. The van der Waals surface area contributed by atoms with E-state index in [0.29, 0.717) is 18.6 Å². The Balaban J connectivity index is 0.00000289. The summed E-state index contributed by atoms with van der Waals surface area (Å²) in [5.41, 5.74) is 3.55. The number of aliphatic imine (C=N–C) groups is 1. The Morgan fingerprint density at radius 3 is 2.59 bits per heavy atom. The Morgan fingerprint density at radius 1 is 1.12 bits per heavy atom. The average Bonchev–Trinajstić information content (AvgIpc) is 3.11. The van der Waals surface area contributed by atoms with Gasteiger partial charge in [-0.2, -0.15) is 0 Å². The third-order valence-corrected chi connectivity index (χ3v) is 6.19. The zero-order valence-electron chi connectivity index (χ0n) is 19.3. The number of rotatable bonds is 6. The summed E-state index contributed by atoms with van der Waals surface area (Å²) in [4.78, 5) is 12.2. The molecule has 32 heavy (non-hydrogen) atoms. The average molecular weight is 547 g/mol. The highest BCUT2D eigenvalue weighted by Crippen LogP contribution is 2.20. The number of nitrogens with zero attached hydrogens (tertiary/aromatic N) is 4. The van der Waals surface area contributed by atoms with Gasteiger partial charge in [0.15, 0.2) is 5.96 Å². The topological polar surface area (TPSA) is 57.5 Å². The lowest BCUT2D eigenvalue weighted by atomic mass is 9.97. The molecule has 0 saturated carbocycles. The van der Waals surface area contributed by atoms with Gasteiger partial charge in [-0.15, -0.1) is 24.0 Å². The van der Waals surface area contributed by atoms with Crippen molar-refractivity contribution in [2.75, 3.05) is 13.1 Å². The molecule has 2 heterocycles. The first-order valence-electron chi connectivity index (χ1n) is 11.4. The molecule has 0 amide bonds. The molecule has 0 radical (unpaired) electrons. The van der Waals surface area contributed by atoms with Gasteiger partial charge in [0.05, 0.1) is 11.0 Å². The van der Waals surface area contributed by atoms with E-state index in [0.717, 1.165) is 55.3 Å². The summed E-state index contributed by atoms with van der Waals surface area (Å²) in [6.45, 7) is 7.96. The van der Waals surface area contributed by atoms with Gasteiger partial charge in [-0.25, -0.2) is 9.98 Å². The van der Waals surface area contributed by atoms with Gasteiger partial charge in [-0.3, -0.25) is 4.90 Å². The van der Waals surface area contributed by atoms with Crippen LogP contribution in [0.3, 0.4) is 0 Å². The smallest absolute Gasteiger partial charge is 0.191 e. The predicted octanol–water partition coefficient (Wildman–Crippen LogP) is 4.30. The van der Waals surface area contributed by atoms with E-state index in [-0.39, 0.29) is 24.0 Å². The van der Waals surface area contributed by atoms with E-state index >= 15 is 0 Å². The fraction of sp³-hybridized carbons (Fsp3) is 0.440. The van der Waals surface area contributed by atoms with Crippen LogP contribution < -0.4 is 10.6 Å². The predicted molar refractivity (Wildman–Crippen MR) is 143 cm³/mol. The molecule has 0 bridgehead atoms. The van der Waals surface area contributed by atoms with Crippen molar-refractivity contribution in [1.82, 2.24) is 25.1 Å². The van der Waals surface area contributed by atoms with Crippen LogP contribution in [0, 0.1) is 0 Å². The molecule has 1 aliphatic rings. The number of para-hydroxylation sites is 2. The Bertz CT molecular complexity index is 1020. The second kappa shape index (κ2) is 11.7. The zero-order valence-corrected chi connectivity index (χ0v) is 21.6. The quantitative estimate of drug-likeness (QED) is 0.275. The Kier molecular flexibility index (Phi) is 8.92. The number of benzene rings is 2. The molecule has 7 heteroatoms. The number of fused-ring (bicyclic) bond motifs is 1. The first-order valence-corrected chi connectivity index (χ1v) is 11.4. The number of likely N-dealkylation sites (tertiary alicyclic amines) is 1. The first kappa shape index (κ1) is 24.5. The number of imidazole rings is 1. The Morgan fingerprint density at radius 2 is 1.88 bits per heavy atom. The van der Waals surface area contributed by atoms with Crippen molar-refractivity contribution in [3.05, 3.63) is 66.0 Å².